The van der Waals surface area contributed by atoms with E-state index in [0.717, 1.165) is 5.82 Å². The zero-order valence-electron chi connectivity index (χ0n) is 9.12. The summed E-state index contributed by atoms with van der Waals surface area (Å²) in [6.07, 6.45) is 6.06. The first-order valence-electron chi connectivity index (χ1n) is 5.02. The summed E-state index contributed by atoms with van der Waals surface area (Å²) in [4.78, 5) is 21.1. The maximum Gasteiger partial charge on any atom is 0.310 e. The Morgan fingerprint density at radius 3 is 3.00 bits per heavy atom. The normalized spacial score (nSPS) is 12.1. The second-order valence-corrected chi connectivity index (χ2v) is 3.49. The highest BCUT2D eigenvalue weighted by Gasteiger charge is 2.16. The van der Waals surface area contributed by atoms with Crippen LogP contribution in [0, 0.1) is 10.1 Å². The van der Waals surface area contributed by atoms with Crippen LogP contribution < -0.4 is 5.32 Å². The second kappa shape index (κ2) is 4.60. The zero-order valence-corrected chi connectivity index (χ0v) is 9.12. The van der Waals surface area contributed by atoms with Crippen LogP contribution in [0.2, 0.25) is 0 Å². The van der Waals surface area contributed by atoms with Gasteiger partial charge in [-0.3, -0.25) is 15.1 Å². The summed E-state index contributed by atoms with van der Waals surface area (Å²) in [6, 6.07) is 1.42. The highest BCUT2D eigenvalue weighted by Crippen LogP contribution is 2.25. The van der Waals surface area contributed by atoms with Gasteiger partial charge in [0.2, 0.25) is 0 Å². The van der Waals surface area contributed by atoms with E-state index in [1.165, 1.54) is 12.4 Å². The Labute approximate surface area is 97.1 Å². The van der Waals surface area contributed by atoms with Crippen molar-refractivity contribution in [2.24, 2.45) is 0 Å². The van der Waals surface area contributed by atoms with Crippen molar-refractivity contribution in [2.75, 3.05) is 5.32 Å². The lowest BCUT2D eigenvalue weighted by molar-refractivity contribution is -0.384. The Kier molecular flexibility index (Phi) is 2.99. The quantitative estimate of drug-likeness (QED) is 0.620. The van der Waals surface area contributed by atoms with E-state index in [-0.39, 0.29) is 11.7 Å². The highest BCUT2D eigenvalue weighted by atomic mass is 16.6. The number of hydrogen-bond donors (Lipinski definition) is 2. The minimum atomic E-state index is -0.468. The van der Waals surface area contributed by atoms with E-state index in [0.29, 0.717) is 5.69 Å². The Bertz CT molecular complexity index is 511. The van der Waals surface area contributed by atoms with Crippen molar-refractivity contribution in [3.8, 4) is 0 Å². The molecule has 0 aliphatic carbocycles. The molecule has 0 bridgehead atoms. The molecule has 0 amide bonds. The van der Waals surface area contributed by atoms with E-state index in [1.54, 1.807) is 18.5 Å². The molecule has 7 nitrogen and oxygen atoms in total. The zero-order chi connectivity index (χ0) is 12.3. The van der Waals surface area contributed by atoms with Gasteiger partial charge in [0.1, 0.15) is 17.7 Å². The molecule has 2 heterocycles. The first kappa shape index (κ1) is 11.1. The number of nitro groups is 1. The SMILES string of the molecule is CC(Nc1ccncc1[N+](=O)[O-])c1ncc[nH]1. The summed E-state index contributed by atoms with van der Waals surface area (Å²) in [5.74, 6) is 0.719. The maximum absolute atomic E-state index is 10.8. The molecule has 7 heteroatoms. The highest BCUT2D eigenvalue weighted by molar-refractivity contribution is 5.60. The molecule has 88 valence electrons. The van der Waals surface area contributed by atoms with E-state index in [4.69, 9.17) is 0 Å². The van der Waals surface area contributed by atoms with Crippen LogP contribution in [0.1, 0.15) is 18.8 Å². The molecular formula is C10H11N5O2. The van der Waals surface area contributed by atoms with E-state index in [2.05, 4.69) is 20.3 Å². The van der Waals surface area contributed by atoms with Crippen LogP contribution in [-0.4, -0.2) is 19.9 Å². The molecule has 0 radical (unpaired) electrons. The van der Waals surface area contributed by atoms with Gasteiger partial charge in [0, 0.05) is 18.6 Å². The number of imidazole rings is 1. The second-order valence-electron chi connectivity index (χ2n) is 3.49. The average Bonchev–Trinajstić information content (AvgIpc) is 2.83. The standard InChI is InChI=1S/C10H11N5O2/c1-7(10-12-4-5-13-10)14-8-2-3-11-6-9(8)15(16)17/h2-7H,1H3,(H,11,14)(H,12,13). The van der Waals surface area contributed by atoms with Crippen molar-refractivity contribution in [1.29, 1.82) is 0 Å². The summed E-state index contributed by atoms with van der Waals surface area (Å²) in [7, 11) is 0. The van der Waals surface area contributed by atoms with E-state index in [1.807, 2.05) is 6.92 Å². The van der Waals surface area contributed by atoms with Crippen LogP contribution in [0.4, 0.5) is 11.4 Å². The van der Waals surface area contributed by atoms with Crippen LogP contribution in [0.15, 0.2) is 30.9 Å². The minimum Gasteiger partial charge on any atom is -0.370 e. The number of nitrogens with one attached hydrogen (secondary N) is 2. The molecule has 1 atom stereocenters. The summed E-state index contributed by atoms with van der Waals surface area (Å²) in [5, 5.41) is 13.8. The number of anilines is 1. The molecule has 1 unspecified atom stereocenters. The van der Waals surface area contributed by atoms with Crippen molar-refractivity contribution < 1.29 is 4.92 Å². The molecule has 0 aromatic carbocycles. The molecule has 0 aliphatic rings. The lowest BCUT2D eigenvalue weighted by atomic mass is 10.2. The van der Waals surface area contributed by atoms with E-state index in [9.17, 15) is 10.1 Å². The first-order chi connectivity index (χ1) is 8.18. The number of rotatable bonds is 4. The van der Waals surface area contributed by atoms with Crippen LogP contribution in [0.5, 0.6) is 0 Å². The van der Waals surface area contributed by atoms with Gasteiger partial charge in [0.25, 0.3) is 0 Å². The van der Waals surface area contributed by atoms with Gasteiger partial charge in [-0.05, 0) is 13.0 Å². The van der Waals surface area contributed by atoms with Gasteiger partial charge in [-0.2, -0.15) is 0 Å². The first-order valence-corrected chi connectivity index (χ1v) is 5.02. The van der Waals surface area contributed by atoms with Crippen molar-refractivity contribution in [1.82, 2.24) is 15.0 Å². The molecule has 17 heavy (non-hydrogen) atoms. The number of hydrogen-bond acceptors (Lipinski definition) is 5. The number of aromatic nitrogens is 3. The third kappa shape index (κ3) is 2.39. The Balaban J connectivity index is 2.21. The predicted octanol–water partition coefficient (Wildman–Crippen LogP) is 1.89. The van der Waals surface area contributed by atoms with Crippen molar-refractivity contribution in [3.05, 3.63) is 46.8 Å². The summed E-state index contributed by atoms with van der Waals surface area (Å²) < 4.78 is 0. The third-order valence-electron chi connectivity index (χ3n) is 2.30. The van der Waals surface area contributed by atoms with Crippen LogP contribution in [-0.2, 0) is 0 Å². The maximum atomic E-state index is 10.8. The number of aromatic amines is 1. The number of H-pyrrole nitrogens is 1. The van der Waals surface area contributed by atoms with Crippen molar-refractivity contribution >= 4 is 11.4 Å². The van der Waals surface area contributed by atoms with Gasteiger partial charge in [-0.15, -0.1) is 0 Å². The molecule has 2 aromatic heterocycles. The van der Waals surface area contributed by atoms with Gasteiger partial charge in [0.15, 0.2) is 0 Å². The predicted molar refractivity (Wildman–Crippen MR) is 61.5 cm³/mol. The van der Waals surface area contributed by atoms with Gasteiger partial charge in [-0.25, -0.2) is 4.98 Å². The monoisotopic (exact) mass is 233 g/mol. The molecule has 0 aliphatic heterocycles. The average molecular weight is 233 g/mol. The van der Waals surface area contributed by atoms with Crippen LogP contribution in [0.25, 0.3) is 0 Å². The molecule has 0 fully saturated rings. The van der Waals surface area contributed by atoms with Gasteiger partial charge < -0.3 is 10.3 Å². The summed E-state index contributed by atoms with van der Waals surface area (Å²) in [5.41, 5.74) is 0.375. The molecule has 0 saturated heterocycles. The molecule has 0 saturated carbocycles. The van der Waals surface area contributed by atoms with Crippen molar-refractivity contribution in [3.63, 3.8) is 0 Å². The van der Waals surface area contributed by atoms with Crippen molar-refractivity contribution in [2.45, 2.75) is 13.0 Å². The summed E-state index contributed by atoms with van der Waals surface area (Å²) in [6.45, 7) is 1.86. The smallest absolute Gasteiger partial charge is 0.310 e. The van der Waals surface area contributed by atoms with E-state index >= 15 is 0 Å². The topological polar surface area (TPSA) is 96.7 Å². The van der Waals surface area contributed by atoms with E-state index < -0.39 is 4.92 Å². The number of pyridine rings is 1. The summed E-state index contributed by atoms with van der Waals surface area (Å²) >= 11 is 0. The molecule has 2 aromatic rings. The fourth-order valence-corrected chi connectivity index (χ4v) is 1.47. The van der Waals surface area contributed by atoms with Gasteiger partial charge in [0.05, 0.1) is 11.0 Å². The largest absolute Gasteiger partial charge is 0.370 e. The van der Waals surface area contributed by atoms with Gasteiger partial charge >= 0.3 is 5.69 Å². The van der Waals surface area contributed by atoms with Crippen LogP contribution >= 0.6 is 0 Å². The lowest BCUT2D eigenvalue weighted by Gasteiger charge is -2.12. The molecule has 2 N–H and O–H groups in total. The molecular weight excluding hydrogens is 222 g/mol. The Hall–Kier alpha value is -2.44. The Morgan fingerprint density at radius 2 is 2.35 bits per heavy atom. The third-order valence-corrected chi connectivity index (χ3v) is 2.30. The lowest BCUT2D eigenvalue weighted by Crippen LogP contribution is -2.09. The Morgan fingerprint density at radius 1 is 1.53 bits per heavy atom. The van der Waals surface area contributed by atoms with Gasteiger partial charge in [-0.1, -0.05) is 0 Å². The molecule has 0 spiro atoms. The fraction of sp³-hybridized carbons (Fsp3) is 0.200. The fourth-order valence-electron chi connectivity index (χ4n) is 1.47. The molecule has 2 rings (SSSR count). The minimum absolute atomic E-state index is 0.0501. The number of nitrogens with zero attached hydrogens (tertiary/aromatic N) is 3. The van der Waals surface area contributed by atoms with Crippen LogP contribution in [0.3, 0.4) is 0 Å².